The fourth-order valence-corrected chi connectivity index (χ4v) is 5.39. The predicted molar refractivity (Wildman–Crippen MR) is 134 cm³/mol. The third-order valence-corrected chi connectivity index (χ3v) is 7.63. The molecule has 0 atom stereocenters. The summed E-state index contributed by atoms with van der Waals surface area (Å²) in [5.74, 6) is 1.62. The van der Waals surface area contributed by atoms with Gasteiger partial charge in [-0.1, -0.05) is 18.9 Å². The quantitative estimate of drug-likeness (QED) is 0.425. The first-order valence-electron chi connectivity index (χ1n) is 13.4. The summed E-state index contributed by atoms with van der Waals surface area (Å²) < 4.78 is 43.1. The molecule has 202 valence electrons. The summed E-state index contributed by atoms with van der Waals surface area (Å²) in [7, 11) is 0. The van der Waals surface area contributed by atoms with Crippen LogP contribution in [0.4, 0.5) is 13.2 Å². The number of aromatic nitrogens is 3. The molecule has 2 aromatic heterocycles. The number of alkyl halides is 3. The van der Waals surface area contributed by atoms with Crippen LogP contribution in [0.25, 0.3) is 0 Å². The van der Waals surface area contributed by atoms with E-state index in [0.717, 1.165) is 76.0 Å². The molecule has 2 aromatic rings. The number of aryl methyl sites for hydroxylation is 2. The summed E-state index contributed by atoms with van der Waals surface area (Å²) >= 11 is 0. The highest BCUT2D eigenvalue weighted by Gasteiger charge is 2.27. The summed E-state index contributed by atoms with van der Waals surface area (Å²) in [6, 6.07) is 3.73. The minimum absolute atomic E-state index is 0.0493. The van der Waals surface area contributed by atoms with E-state index in [9.17, 15) is 18.0 Å². The molecule has 0 aromatic carbocycles. The van der Waals surface area contributed by atoms with Crippen molar-refractivity contribution >= 4 is 5.78 Å². The van der Waals surface area contributed by atoms with Crippen molar-refractivity contribution in [1.82, 2.24) is 19.9 Å². The summed E-state index contributed by atoms with van der Waals surface area (Å²) in [4.78, 5) is 27.6. The number of hydrogen-bond donors (Lipinski definition) is 0. The monoisotopic (exact) mass is 518 g/mol. The molecule has 0 spiro atoms. The summed E-state index contributed by atoms with van der Waals surface area (Å²) in [5.41, 5.74) is 3.48. The largest absolute Gasteiger partial charge is 0.469 e. The molecule has 37 heavy (non-hydrogen) atoms. The molecule has 0 amide bonds. The van der Waals surface area contributed by atoms with Crippen LogP contribution >= 0.6 is 0 Å². The Balaban J connectivity index is 1.13. The van der Waals surface area contributed by atoms with E-state index in [1.54, 1.807) is 18.5 Å². The summed E-state index contributed by atoms with van der Waals surface area (Å²) in [5, 5.41) is 0. The Kier molecular flexibility index (Phi) is 9.51. The van der Waals surface area contributed by atoms with Gasteiger partial charge in [-0.05, 0) is 69.0 Å². The number of Topliss-reactive ketones (excluding diaryl/α,β-unsaturated/α-hetero) is 1. The SMILES string of the molecule is Cc1cnc(OCC(=O)CC2CCC(CCN3CCc4ccc(CCC(F)(F)F)nc4CC3)CC2)cn1. The number of halogens is 3. The Hall–Kier alpha value is -2.55. The third kappa shape index (κ3) is 9.05. The lowest BCUT2D eigenvalue weighted by molar-refractivity contribution is -0.134. The normalized spacial score (nSPS) is 20.8. The maximum atomic E-state index is 12.6. The highest BCUT2D eigenvalue weighted by Crippen LogP contribution is 2.33. The van der Waals surface area contributed by atoms with E-state index < -0.39 is 12.6 Å². The molecule has 6 nitrogen and oxygen atoms in total. The molecule has 1 fully saturated rings. The molecule has 0 N–H and O–H groups in total. The molecule has 4 rings (SSSR count). The zero-order chi connectivity index (χ0) is 26.3. The smallest absolute Gasteiger partial charge is 0.389 e. The Morgan fingerprint density at radius 1 is 1.05 bits per heavy atom. The summed E-state index contributed by atoms with van der Waals surface area (Å²) in [6.45, 7) is 4.80. The molecule has 0 bridgehead atoms. The fourth-order valence-electron chi connectivity index (χ4n) is 5.39. The van der Waals surface area contributed by atoms with Crippen molar-refractivity contribution in [3.8, 4) is 5.88 Å². The van der Waals surface area contributed by atoms with E-state index in [0.29, 0.717) is 29.8 Å². The van der Waals surface area contributed by atoms with Gasteiger partial charge in [-0.2, -0.15) is 13.2 Å². The van der Waals surface area contributed by atoms with Gasteiger partial charge in [0, 0.05) is 43.7 Å². The van der Waals surface area contributed by atoms with Gasteiger partial charge in [0.25, 0.3) is 0 Å². The number of hydrogen-bond acceptors (Lipinski definition) is 6. The molecule has 1 aliphatic carbocycles. The number of carbonyl (C=O) groups is 1. The van der Waals surface area contributed by atoms with Gasteiger partial charge in [-0.3, -0.25) is 14.8 Å². The number of carbonyl (C=O) groups excluding carboxylic acids is 1. The lowest BCUT2D eigenvalue weighted by Gasteiger charge is -2.30. The van der Waals surface area contributed by atoms with E-state index in [1.807, 2.05) is 13.0 Å². The van der Waals surface area contributed by atoms with Gasteiger partial charge in [0.1, 0.15) is 6.61 Å². The van der Waals surface area contributed by atoms with Gasteiger partial charge in [0.2, 0.25) is 5.88 Å². The van der Waals surface area contributed by atoms with Crippen LogP contribution in [-0.2, 0) is 24.1 Å². The number of ether oxygens (including phenoxy) is 1. The molecular weight excluding hydrogens is 481 g/mol. The average Bonchev–Trinajstić information content (AvgIpc) is 3.08. The van der Waals surface area contributed by atoms with Crippen LogP contribution in [0.15, 0.2) is 24.5 Å². The Morgan fingerprint density at radius 3 is 2.54 bits per heavy atom. The molecule has 1 aliphatic heterocycles. The van der Waals surface area contributed by atoms with Crippen LogP contribution in [0.5, 0.6) is 5.88 Å². The van der Waals surface area contributed by atoms with Crippen LogP contribution in [0, 0.1) is 18.8 Å². The zero-order valence-electron chi connectivity index (χ0n) is 21.6. The molecule has 3 heterocycles. The van der Waals surface area contributed by atoms with E-state index in [1.165, 1.54) is 5.56 Å². The highest BCUT2D eigenvalue weighted by molar-refractivity contribution is 5.80. The third-order valence-electron chi connectivity index (χ3n) is 7.63. The molecule has 0 saturated heterocycles. The number of rotatable bonds is 10. The van der Waals surface area contributed by atoms with Gasteiger partial charge in [-0.25, -0.2) is 4.98 Å². The van der Waals surface area contributed by atoms with Gasteiger partial charge < -0.3 is 9.64 Å². The minimum atomic E-state index is -4.15. The summed E-state index contributed by atoms with van der Waals surface area (Å²) in [6.07, 6.45) is 6.02. The minimum Gasteiger partial charge on any atom is -0.469 e. The molecular formula is C28H37F3N4O2. The van der Waals surface area contributed by atoms with Gasteiger partial charge in [0.05, 0.1) is 18.1 Å². The van der Waals surface area contributed by atoms with Crippen molar-refractivity contribution in [1.29, 1.82) is 0 Å². The number of ketones is 1. The Labute approximate surface area is 217 Å². The highest BCUT2D eigenvalue weighted by atomic mass is 19.4. The maximum Gasteiger partial charge on any atom is 0.389 e. The number of pyridine rings is 1. The van der Waals surface area contributed by atoms with E-state index in [4.69, 9.17) is 4.74 Å². The molecule has 9 heteroatoms. The van der Waals surface area contributed by atoms with Crippen molar-refractivity contribution in [2.75, 3.05) is 26.2 Å². The Morgan fingerprint density at radius 2 is 1.81 bits per heavy atom. The molecule has 0 radical (unpaired) electrons. The van der Waals surface area contributed by atoms with Crippen LogP contribution in [0.3, 0.4) is 0 Å². The lowest BCUT2D eigenvalue weighted by Crippen LogP contribution is -2.30. The fraction of sp³-hybridized carbons (Fsp3) is 0.643. The van der Waals surface area contributed by atoms with E-state index in [2.05, 4.69) is 19.9 Å². The molecule has 2 aliphatic rings. The molecule has 0 unspecified atom stereocenters. The second-order valence-corrected chi connectivity index (χ2v) is 10.6. The number of nitrogens with zero attached hydrogens (tertiary/aromatic N) is 4. The van der Waals surface area contributed by atoms with Crippen molar-refractivity contribution in [2.24, 2.45) is 11.8 Å². The number of fused-ring (bicyclic) bond motifs is 1. The molecule has 1 saturated carbocycles. The maximum absolute atomic E-state index is 12.6. The zero-order valence-corrected chi connectivity index (χ0v) is 21.6. The van der Waals surface area contributed by atoms with E-state index in [-0.39, 0.29) is 18.8 Å². The topological polar surface area (TPSA) is 68.2 Å². The first-order valence-corrected chi connectivity index (χ1v) is 13.4. The predicted octanol–water partition coefficient (Wildman–Crippen LogP) is 5.31. The first-order chi connectivity index (χ1) is 17.7. The van der Waals surface area contributed by atoms with Gasteiger partial charge >= 0.3 is 6.18 Å². The van der Waals surface area contributed by atoms with Crippen LogP contribution < -0.4 is 4.74 Å². The van der Waals surface area contributed by atoms with Crippen molar-refractivity contribution < 1.29 is 22.7 Å². The van der Waals surface area contributed by atoms with Crippen LogP contribution in [-0.4, -0.2) is 58.1 Å². The average molecular weight is 519 g/mol. The lowest BCUT2D eigenvalue weighted by atomic mass is 9.78. The van der Waals surface area contributed by atoms with Crippen LogP contribution in [0.1, 0.15) is 67.6 Å². The van der Waals surface area contributed by atoms with Gasteiger partial charge in [-0.15, -0.1) is 0 Å². The second kappa shape index (κ2) is 12.8. The van der Waals surface area contributed by atoms with Gasteiger partial charge in [0.15, 0.2) is 5.78 Å². The standard InChI is InChI=1S/C28H37F3N4O2/c1-20-17-33-27(18-32-20)37-19-25(36)16-22-4-2-21(3-5-22)9-13-35-14-10-23-6-7-24(8-12-28(29,30)31)34-26(23)11-15-35/h6-7,17-18,21-22H,2-5,8-16,19H2,1H3. The first kappa shape index (κ1) is 27.5. The van der Waals surface area contributed by atoms with Crippen LogP contribution in [0.2, 0.25) is 0 Å². The van der Waals surface area contributed by atoms with Crippen molar-refractivity contribution in [2.45, 2.75) is 77.3 Å². The van der Waals surface area contributed by atoms with E-state index >= 15 is 0 Å². The van der Waals surface area contributed by atoms with Crippen molar-refractivity contribution in [3.63, 3.8) is 0 Å². The Bertz CT molecular complexity index is 1020. The van der Waals surface area contributed by atoms with Crippen molar-refractivity contribution in [3.05, 3.63) is 47.2 Å². The second-order valence-electron chi connectivity index (χ2n) is 10.6.